The Morgan fingerprint density at radius 2 is 1.78 bits per heavy atom. The Hall–Kier alpha value is -1.18. The summed E-state index contributed by atoms with van der Waals surface area (Å²) in [4.78, 5) is 29.1. The second-order valence-corrected chi connectivity index (χ2v) is 6.81. The quantitative estimate of drug-likeness (QED) is 0.730. The second-order valence-electron chi connectivity index (χ2n) is 6.81. The zero-order valence-corrected chi connectivity index (χ0v) is 14.1. The van der Waals surface area contributed by atoms with E-state index < -0.39 is 12.1 Å². The summed E-state index contributed by atoms with van der Waals surface area (Å²) in [6, 6.07) is -0.491. The molecule has 2 N–H and O–H groups in total. The molecule has 0 aromatic heterocycles. The molecule has 23 heavy (non-hydrogen) atoms. The lowest BCUT2D eigenvalue weighted by Crippen LogP contribution is -2.48. The van der Waals surface area contributed by atoms with Crippen LogP contribution in [0, 0.1) is 0 Å². The fourth-order valence-corrected chi connectivity index (χ4v) is 3.62. The predicted octanol–water partition coefficient (Wildman–Crippen LogP) is -0.161. The van der Waals surface area contributed by atoms with Gasteiger partial charge in [-0.1, -0.05) is 12.8 Å². The average Bonchev–Trinajstić information content (AvgIpc) is 2.72. The minimum Gasteiger partial charge on any atom is -0.480 e. The number of hydrogen-bond acceptors (Lipinski definition) is 5. The minimum absolute atomic E-state index is 0.0391. The van der Waals surface area contributed by atoms with Crippen molar-refractivity contribution in [3.8, 4) is 0 Å². The average molecular weight is 327 g/mol. The second kappa shape index (κ2) is 8.08. The molecule has 7 nitrogen and oxygen atoms in total. The van der Waals surface area contributed by atoms with E-state index in [1.54, 1.807) is 16.8 Å². The van der Waals surface area contributed by atoms with Crippen LogP contribution in [-0.2, 0) is 9.59 Å². The zero-order valence-electron chi connectivity index (χ0n) is 14.1. The Kier molecular flexibility index (Phi) is 6.38. The van der Waals surface area contributed by atoms with Gasteiger partial charge in [0.05, 0.1) is 24.7 Å². The summed E-state index contributed by atoms with van der Waals surface area (Å²) >= 11 is 0. The maximum Gasteiger partial charge on any atom is 0.317 e. The van der Waals surface area contributed by atoms with Crippen LogP contribution in [0.5, 0.6) is 0 Å². The molecule has 2 saturated heterocycles. The number of aliphatic hydroxyl groups is 1. The number of amides is 1. The van der Waals surface area contributed by atoms with Crippen LogP contribution in [0.4, 0.5) is 0 Å². The third-order valence-corrected chi connectivity index (χ3v) is 5.07. The van der Waals surface area contributed by atoms with E-state index in [9.17, 15) is 14.7 Å². The number of likely N-dealkylation sites (N-methyl/N-ethyl adjacent to an activating group) is 1. The summed E-state index contributed by atoms with van der Waals surface area (Å²) in [5, 5.41) is 19.1. The van der Waals surface area contributed by atoms with Crippen molar-refractivity contribution in [2.45, 2.75) is 50.8 Å². The molecule has 0 spiro atoms. The first-order valence-electron chi connectivity index (χ1n) is 8.53. The van der Waals surface area contributed by atoms with Crippen LogP contribution in [0.1, 0.15) is 32.6 Å². The van der Waals surface area contributed by atoms with E-state index in [2.05, 4.69) is 4.90 Å². The summed E-state index contributed by atoms with van der Waals surface area (Å²) in [5.74, 6) is -0.889. The highest BCUT2D eigenvalue weighted by Crippen LogP contribution is 2.19. The highest BCUT2D eigenvalue weighted by Gasteiger charge is 2.39. The maximum absolute atomic E-state index is 12.7. The molecule has 0 radical (unpaired) electrons. The minimum atomic E-state index is -0.928. The van der Waals surface area contributed by atoms with Crippen molar-refractivity contribution < 1.29 is 19.8 Å². The van der Waals surface area contributed by atoms with E-state index in [4.69, 9.17) is 5.11 Å². The number of carboxylic acids is 1. The normalized spacial score (nSPS) is 27.9. The lowest BCUT2D eigenvalue weighted by Gasteiger charge is -2.30. The molecule has 0 aliphatic carbocycles. The molecule has 3 atom stereocenters. The van der Waals surface area contributed by atoms with Gasteiger partial charge in [0.15, 0.2) is 0 Å². The summed E-state index contributed by atoms with van der Waals surface area (Å²) < 4.78 is 0. The molecule has 2 aliphatic heterocycles. The highest BCUT2D eigenvalue weighted by molar-refractivity contribution is 5.82. The van der Waals surface area contributed by atoms with Crippen molar-refractivity contribution >= 4 is 11.9 Å². The largest absolute Gasteiger partial charge is 0.480 e. The van der Waals surface area contributed by atoms with Crippen LogP contribution in [-0.4, -0.2) is 94.7 Å². The van der Waals surface area contributed by atoms with E-state index in [0.717, 1.165) is 25.9 Å². The summed E-state index contributed by atoms with van der Waals surface area (Å²) in [7, 11) is 1.67. The maximum atomic E-state index is 12.7. The van der Waals surface area contributed by atoms with E-state index in [1.807, 2.05) is 6.92 Å². The van der Waals surface area contributed by atoms with E-state index in [1.165, 1.54) is 12.8 Å². The summed E-state index contributed by atoms with van der Waals surface area (Å²) in [6.07, 6.45) is 4.01. The van der Waals surface area contributed by atoms with Crippen LogP contribution in [0.3, 0.4) is 0 Å². The predicted molar refractivity (Wildman–Crippen MR) is 86.1 cm³/mol. The van der Waals surface area contributed by atoms with Crippen LogP contribution in [0.25, 0.3) is 0 Å². The summed E-state index contributed by atoms with van der Waals surface area (Å²) in [5.41, 5.74) is 0. The molecule has 0 bridgehead atoms. The molecule has 0 aromatic rings. The number of aliphatic carboxylic acids is 1. The molecule has 0 aromatic carbocycles. The number of β-amino-alcohol motifs (C(OH)–C–C–N with tert-alkyl or cyclic N) is 1. The SMILES string of the molecule is C[C@@H](C(=O)N1C[C@@H](O)[C@H](N(C)CC(=O)O)C1)N1CCCCCC1. The molecule has 0 unspecified atom stereocenters. The van der Waals surface area contributed by atoms with Gasteiger partial charge in [0.1, 0.15) is 0 Å². The molecule has 2 rings (SSSR count). The third kappa shape index (κ3) is 4.65. The van der Waals surface area contributed by atoms with Crippen molar-refractivity contribution in [1.82, 2.24) is 14.7 Å². The molecule has 2 aliphatic rings. The number of carbonyl (C=O) groups is 2. The van der Waals surface area contributed by atoms with Gasteiger partial charge < -0.3 is 15.1 Å². The monoisotopic (exact) mass is 327 g/mol. The smallest absolute Gasteiger partial charge is 0.317 e. The van der Waals surface area contributed by atoms with E-state index in [0.29, 0.717) is 6.54 Å². The Bertz CT molecular complexity index is 424. The Morgan fingerprint density at radius 1 is 1.17 bits per heavy atom. The van der Waals surface area contributed by atoms with Gasteiger partial charge in [0.2, 0.25) is 5.91 Å². The van der Waals surface area contributed by atoms with Crippen molar-refractivity contribution in [3.63, 3.8) is 0 Å². The molecule has 2 heterocycles. The van der Waals surface area contributed by atoms with Gasteiger partial charge >= 0.3 is 5.97 Å². The number of nitrogens with zero attached hydrogens (tertiary/aromatic N) is 3. The topological polar surface area (TPSA) is 84.3 Å². The molecule has 2 fully saturated rings. The number of rotatable bonds is 5. The van der Waals surface area contributed by atoms with Crippen molar-refractivity contribution in [3.05, 3.63) is 0 Å². The Morgan fingerprint density at radius 3 is 2.35 bits per heavy atom. The van der Waals surface area contributed by atoms with Crippen molar-refractivity contribution in [2.24, 2.45) is 0 Å². The first-order valence-corrected chi connectivity index (χ1v) is 8.53. The number of carbonyl (C=O) groups excluding carboxylic acids is 1. The van der Waals surface area contributed by atoms with Crippen LogP contribution >= 0.6 is 0 Å². The standard InChI is InChI=1S/C16H29N3O4/c1-12(18-7-5-3-4-6-8-18)16(23)19-9-13(14(20)10-19)17(2)11-15(21)22/h12-14,20H,3-11H2,1-2H3,(H,21,22)/t12-,13+,14+/m0/s1. The first-order chi connectivity index (χ1) is 10.9. The number of carboxylic acid groups (broad SMARTS) is 1. The molecule has 0 saturated carbocycles. The van der Waals surface area contributed by atoms with E-state index >= 15 is 0 Å². The molecule has 1 amide bonds. The fourth-order valence-electron chi connectivity index (χ4n) is 3.62. The molecular formula is C16H29N3O4. The van der Waals surface area contributed by atoms with Crippen LogP contribution in [0.15, 0.2) is 0 Å². The van der Waals surface area contributed by atoms with Gasteiger partial charge in [-0.3, -0.25) is 19.4 Å². The van der Waals surface area contributed by atoms with Gasteiger partial charge in [-0.15, -0.1) is 0 Å². The molecule has 132 valence electrons. The lowest BCUT2D eigenvalue weighted by atomic mass is 10.2. The van der Waals surface area contributed by atoms with E-state index in [-0.39, 0.29) is 31.1 Å². The molecular weight excluding hydrogens is 298 g/mol. The van der Waals surface area contributed by atoms with Crippen LogP contribution in [0.2, 0.25) is 0 Å². The van der Waals surface area contributed by atoms with Crippen molar-refractivity contribution in [1.29, 1.82) is 0 Å². The number of hydrogen-bond donors (Lipinski definition) is 2. The van der Waals surface area contributed by atoms with Crippen molar-refractivity contribution in [2.75, 3.05) is 39.8 Å². The van der Waals surface area contributed by atoms with Gasteiger partial charge in [-0.05, 0) is 39.9 Å². The highest BCUT2D eigenvalue weighted by atomic mass is 16.4. The number of aliphatic hydroxyl groups excluding tert-OH is 1. The zero-order chi connectivity index (χ0) is 17.0. The van der Waals surface area contributed by atoms with Gasteiger partial charge in [-0.25, -0.2) is 0 Å². The number of likely N-dealkylation sites (tertiary alicyclic amines) is 2. The third-order valence-electron chi connectivity index (χ3n) is 5.07. The summed E-state index contributed by atoms with van der Waals surface area (Å²) in [6.45, 7) is 4.38. The van der Waals surface area contributed by atoms with Gasteiger partial charge in [-0.2, -0.15) is 0 Å². The Balaban J connectivity index is 1.93. The van der Waals surface area contributed by atoms with Crippen LogP contribution < -0.4 is 0 Å². The fraction of sp³-hybridized carbons (Fsp3) is 0.875. The first kappa shape index (κ1) is 18.2. The lowest BCUT2D eigenvalue weighted by molar-refractivity contribution is -0.138. The molecule has 7 heteroatoms. The Labute approximate surface area is 137 Å². The van der Waals surface area contributed by atoms with Gasteiger partial charge in [0, 0.05) is 13.1 Å². The van der Waals surface area contributed by atoms with Gasteiger partial charge in [0.25, 0.3) is 0 Å².